The second-order valence-corrected chi connectivity index (χ2v) is 12.4. The zero-order chi connectivity index (χ0) is 27.2. The molecule has 1 aliphatic carbocycles. The van der Waals surface area contributed by atoms with Crippen LogP contribution < -0.4 is 9.47 Å². The summed E-state index contributed by atoms with van der Waals surface area (Å²) in [5.74, 6) is 1.83. The van der Waals surface area contributed by atoms with Crippen molar-refractivity contribution in [2.24, 2.45) is 0 Å². The molecule has 5 rings (SSSR count). The molecule has 4 nitrogen and oxygen atoms in total. The molecule has 2 aromatic carbocycles. The van der Waals surface area contributed by atoms with Crippen LogP contribution in [0.1, 0.15) is 114 Å². The number of esters is 1. The predicted molar refractivity (Wildman–Crippen MR) is 159 cm³/mol. The number of aryl methyl sites for hydroxylation is 1. The minimum atomic E-state index is -0.317. The van der Waals surface area contributed by atoms with E-state index in [1.165, 1.54) is 48.0 Å². The predicted octanol–water partition coefficient (Wildman–Crippen LogP) is 8.48. The fourth-order valence-corrected chi connectivity index (χ4v) is 6.78. The number of hydrogen-bond donors (Lipinski definition) is 0. The Hall–Kier alpha value is -2.59. The molecule has 2 heterocycles. The highest BCUT2D eigenvalue weighted by Gasteiger charge is 2.39. The van der Waals surface area contributed by atoms with E-state index in [9.17, 15) is 4.79 Å². The summed E-state index contributed by atoms with van der Waals surface area (Å²) in [4.78, 5) is 15.7. The van der Waals surface area contributed by atoms with Crippen molar-refractivity contribution in [1.82, 2.24) is 4.90 Å². The molecule has 1 saturated heterocycles. The van der Waals surface area contributed by atoms with Crippen molar-refractivity contribution < 1.29 is 14.3 Å². The zero-order valence-electron chi connectivity index (χ0n) is 24.4. The molecule has 0 bridgehead atoms. The van der Waals surface area contributed by atoms with Crippen molar-refractivity contribution in [3.8, 4) is 11.5 Å². The summed E-state index contributed by atoms with van der Waals surface area (Å²) in [6, 6.07) is 15.1. The number of benzene rings is 2. The molecule has 3 aliphatic rings. The fourth-order valence-electron chi connectivity index (χ4n) is 6.78. The monoisotopic (exact) mass is 529 g/mol. The second kappa shape index (κ2) is 12.7. The Balaban J connectivity index is 1.31. The lowest BCUT2D eigenvalue weighted by Crippen LogP contribution is -2.33. The van der Waals surface area contributed by atoms with Gasteiger partial charge in [0, 0.05) is 6.42 Å². The molecular formula is C35H47NO3. The van der Waals surface area contributed by atoms with Gasteiger partial charge in [0.25, 0.3) is 0 Å². The Morgan fingerprint density at radius 2 is 1.77 bits per heavy atom. The number of fused-ring (bicyclic) bond motifs is 2. The molecule has 1 unspecified atom stereocenters. The molecule has 4 heteroatoms. The van der Waals surface area contributed by atoms with E-state index in [0.29, 0.717) is 18.1 Å². The van der Waals surface area contributed by atoms with Gasteiger partial charge in [-0.3, -0.25) is 4.79 Å². The molecule has 0 saturated carbocycles. The molecule has 1 fully saturated rings. The van der Waals surface area contributed by atoms with Gasteiger partial charge in [-0.25, -0.2) is 0 Å². The summed E-state index contributed by atoms with van der Waals surface area (Å²) in [5.41, 5.74) is 6.02. The van der Waals surface area contributed by atoms with Gasteiger partial charge in [0.1, 0.15) is 17.1 Å². The van der Waals surface area contributed by atoms with Crippen LogP contribution in [0.25, 0.3) is 5.57 Å². The Labute approximate surface area is 235 Å². The maximum atomic E-state index is 13.1. The number of allylic oxidation sites excluding steroid dienone is 1. The van der Waals surface area contributed by atoms with Gasteiger partial charge in [0.05, 0.1) is 5.56 Å². The van der Waals surface area contributed by atoms with Crippen LogP contribution in [0, 0.1) is 0 Å². The Morgan fingerprint density at radius 3 is 2.54 bits per heavy atom. The van der Waals surface area contributed by atoms with Crippen molar-refractivity contribution in [2.45, 2.75) is 109 Å². The van der Waals surface area contributed by atoms with Gasteiger partial charge < -0.3 is 14.4 Å². The number of nitrogens with zero attached hydrogens (tertiary/aromatic N) is 1. The number of ether oxygens (including phenoxy) is 2. The van der Waals surface area contributed by atoms with Crippen molar-refractivity contribution >= 4 is 11.5 Å². The summed E-state index contributed by atoms with van der Waals surface area (Å²) in [6.07, 6.45) is 13.0. The van der Waals surface area contributed by atoms with E-state index in [-0.39, 0.29) is 11.6 Å². The quantitative estimate of drug-likeness (QED) is 0.228. The maximum Gasteiger partial charge on any atom is 0.311 e. The average molecular weight is 530 g/mol. The van der Waals surface area contributed by atoms with E-state index in [0.717, 1.165) is 75.9 Å². The van der Waals surface area contributed by atoms with Crippen LogP contribution in [-0.2, 0) is 11.2 Å². The molecule has 0 N–H and O–H groups in total. The van der Waals surface area contributed by atoms with E-state index in [1.807, 2.05) is 0 Å². The highest BCUT2D eigenvalue weighted by atomic mass is 16.5. The molecular weight excluding hydrogens is 482 g/mol. The third-order valence-electron chi connectivity index (χ3n) is 8.99. The highest BCUT2D eigenvalue weighted by molar-refractivity contribution is 5.84. The van der Waals surface area contributed by atoms with Gasteiger partial charge in [0.2, 0.25) is 0 Å². The van der Waals surface area contributed by atoms with Crippen molar-refractivity contribution in [2.75, 3.05) is 19.6 Å². The maximum absolute atomic E-state index is 13.1. The van der Waals surface area contributed by atoms with Crippen molar-refractivity contribution in [3.05, 3.63) is 64.7 Å². The topological polar surface area (TPSA) is 38.8 Å². The standard InChI is InChI=1S/C35H47NO3/c1-26(14-11-17-27-15-7-6-8-16-27)28-24-31(38-33(37)20-13-23-36-21-9-4-5-10-22-36)34-29-18-12-19-30(29)35(2,3)39-32(34)25-28/h6-8,15-16,24-26H,4-5,9-14,17-23H2,1-3H3. The molecule has 0 spiro atoms. The first-order chi connectivity index (χ1) is 18.9. The minimum absolute atomic E-state index is 0.120. The summed E-state index contributed by atoms with van der Waals surface area (Å²) in [7, 11) is 0. The van der Waals surface area contributed by atoms with Gasteiger partial charge in [-0.2, -0.15) is 0 Å². The van der Waals surface area contributed by atoms with Crippen LogP contribution in [0.2, 0.25) is 0 Å². The van der Waals surface area contributed by atoms with Gasteiger partial charge in [-0.15, -0.1) is 0 Å². The van der Waals surface area contributed by atoms with E-state index in [2.05, 4.69) is 68.1 Å². The van der Waals surface area contributed by atoms with E-state index in [4.69, 9.17) is 9.47 Å². The minimum Gasteiger partial charge on any atom is -0.483 e. The molecule has 0 aromatic heterocycles. The van der Waals surface area contributed by atoms with E-state index < -0.39 is 0 Å². The first-order valence-corrected chi connectivity index (χ1v) is 15.5. The van der Waals surface area contributed by atoms with E-state index in [1.54, 1.807) is 0 Å². The number of likely N-dealkylation sites (tertiary alicyclic amines) is 1. The number of carbonyl (C=O) groups excluding carboxylic acids is 1. The van der Waals surface area contributed by atoms with Crippen LogP contribution in [0.4, 0.5) is 0 Å². The van der Waals surface area contributed by atoms with E-state index >= 15 is 0 Å². The van der Waals surface area contributed by atoms with Gasteiger partial charge in [-0.1, -0.05) is 50.1 Å². The first kappa shape index (κ1) is 28.0. The zero-order valence-corrected chi connectivity index (χ0v) is 24.4. The average Bonchev–Trinajstić information content (AvgIpc) is 3.28. The molecule has 1 atom stereocenters. The lowest BCUT2D eigenvalue weighted by atomic mass is 9.85. The third-order valence-corrected chi connectivity index (χ3v) is 8.99. The Morgan fingerprint density at radius 1 is 1.00 bits per heavy atom. The van der Waals surface area contributed by atoms with Gasteiger partial charge >= 0.3 is 5.97 Å². The normalized spacial score (nSPS) is 19.6. The summed E-state index contributed by atoms with van der Waals surface area (Å²) in [5, 5.41) is 0. The smallest absolute Gasteiger partial charge is 0.311 e. The molecule has 39 heavy (non-hydrogen) atoms. The van der Waals surface area contributed by atoms with Crippen LogP contribution in [-0.4, -0.2) is 36.1 Å². The lowest BCUT2D eigenvalue weighted by Gasteiger charge is -2.36. The Kier molecular flexibility index (Phi) is 9.12. The summed E-state index contributed by atoms with van der Waals surface area (Å²) in [6.45, 7) is 9.96. The first-order valence-electron chi connectivity index (χ1n) is 15.5. The van der Waals surface area contributed by atoms with Crippen LogP contribution in [0.15, 0.2) is 48.0 Å². The molecule has 0 amide bonds. The number of rotatable bonds is 10. The molecule has 2 aliphatic heterocycles. The van der Waals surface area contributed by atoms with Crippen LogP contribution in [0.5, 0.6) is 11.5 Å². The number of hydrogen-bond acceptors (Lipinski definition) is 4. The largest absolute Gasteiger partial charge is 0.483 e. The lowest BCUT2D eigenvalue weighted by molar-refractivity contribution is -0.134. The van der Waals surface area contributed by atoms with Gasteiger partial charge in [0.15, 0.2) is 0 Å². The third kappa shape index (κ3) is 6.95. The SMILES string of the molecule is CC(CCCc1ccccc1)c1cc(OC(=O)CCCN2CCCCCC2)c2c(c1)OC(C)(C)C1=C2CCC1. The van der Waals surface area contributed by atoms with Crippen molar-refractivity contribution in [3.63, 3.8) is 0 Å². The fraction of sp³-hybridized carbons (Fsp3) is 0.571. The molecule has 2 aromatic rings. The molecule has 210 valence electrons. The van der Waals surface area contributed by atoms with Crippen LogP contribution in [0.3, 0.4) is 0 Å². The van der Waals surface area contributed by atoms with Crippen molar-refractivity contribution in [1.29, 1.82) is 0 Å². The second-order valence-electron chi connectivity index (χ2n) is 12.4. The summed E-state index contributed by atoms with van der Waals surface area (Å²) >= 11 is 0. The van der Waals surface area contributed by atoms with Gasteiger partial charge in [-0.05, 0) is 132 Å². The highest BCUT2D eigenvalue weighted by Crippen LogP contribution is 2.52. The van der Waals surface area contributed by atoms with Crippen LogP contribution >= 0.6 is 0 Å². The molecule has 0 radical (unpaired) electrons. The summed E-state index contributed by atoms with van der Waals surface area (Å²) < 4.78 is 12.8. The Bertz CT molecular complexity index is 1160. The number of carbonyl (C=O) groups is 1.